The maximum absolute atomic E-state index is 13.1. The molecule has 0 fully saturated rings. The van der Waals surface area contributed by atoms with Crippen LogP contribution in [0.4, 0.5) is 0 Å². The molecule has 142 valence electrons. The van der Waals surface area contributed by atoms with Gasteiger partial charge in [-0.3, -0.25) is 19.4 Å². The summed E-state index contributed by atoms with van der Waals surface area (Å²) in [5.41, 5.74) is 4.94. The predicted molar refractivity (Wildman–Crippen MR) is 113 cm³/mol. The average Bonchev–Trinajstić information content (AvgIpc) is 2.92. The van der Waals surface area contributed by atoms with Crippen molar-refractivity contribution >= 4 is 10.9 Å². The molecule has 0 amide bonds. The topological polar surface area (TPSA) is 43.1 Å². The molecule has 5 nitrogen and oxygen atoms in total. The second-order valence-electron chi connectivity index (χ2n) is 7.20. The van der Waals surface area contributed by atoms with Crippen LogP contribution in [0.15, 0.2) is 71.7 Å². The van der Waals surface area contributed by atoms with Crippen LogP contribution in [0.5, 0.6) is 0 Å². The van der Waals surface area contributed by atoms with Crippen LogP contribution in [-0.2, 0) is 20.1 Å². The molecule has 0 saturated carbocycles. The van der Waals surface area contributed by atoms with Gasteiger partial charge in [-0.15, -0.1) is 0 Å². The molecule has 2 aromatic heterocycles. The molecule has 0 radical (unpaired) electrons. The number of aromatic nitrogens is 3. The lowest BCUT2D eigenvalue weighted by Crippen LogP contribution is -2.25. The second-order valence-corrected chi connectivity index (χ2v) is 7.20. The van der Waals surface area contributed by atoms with Crippen LogP contribution in [-0.4, -0.2) is 26.3 Å². The lowest BCUT2D eigenvalue weighted by molar-refractivity contribution is 0.318. The largest absolute Gasteiger partial charge is 0.298 e. The number of pyridine rings is 1. The fraction of sp³-hybridized carbons (Fsp3) is 0.217. The van der Waals surface area contributed by atoms with Crippen LogP contribution < -0.4 is 5.56 Å². The fourth-order valence-corrected chi connectivity index (χ4v) is 3.73. The van der Waals surface area contributed by atoms with Crippen molar-refractivity contribution in [1.29, 1.82) is 0 Å². The normalized spacial score (nSPS) is 11.4. The Balaban J connectivity index is 1.63. The summed E-state index contributed by atoms with van der Waals surface area (Å²) in [5, 5.41) is 1.16. The van der Waals surface area contributed by atoms with E-state index in [0.717, 1.165) is 34.4 Å². The molecule has 0 unspecified atom stereocenters. The van der Waals surface area contributed by atoms with Crippen LogP contribution in [0.1, 0.15) is 16.8 Å². The third kappa shape index (κ3) is 3.25. The van der Waals surface area contributed by atoms with E-state index in [1.807, 2.05) is 80.4 Å². The van der Waals surface area contributed by atoms with E-state index >= 15 is 0 Å². The summed E-state index contributed by atoms with van der Waals surface area (Å²) < 4.78 is 3.67. The molecule has 0 aliphatic rings. The zero-order valence-electron chi connectivity index (χ0n) is 16.5. The van der Waals surface area contributed by atoms with E-state index in [9.17, 15) is 4.79 Å². The first kappa shape index (κ1) is 18.2. The number of benzene rings is 2. The number of para-hydroxylation sites is 1. The first-order valence-corrected chi connectivity index (χ1v) is 9.40. The van der Waals surface area contributed by atoms with E-state index in [0.29, 0.717) is 6.54 Å². The average molecular weight is 372 g/mol. The Bertz CT molecular complexity index is 1170. The van der Waals surface area contributed by atoms with Crippen molar-refractivity contribution < 1.29 is 0 Å². The third-order valence-corrected chi connectivity index (χ3v) is 5.28. The quantitative estimate of drug-likeness (QED) is 0.537. The van der Waals surface area contributed by atoms with Crippen molar-refractivity contribution in [2.75, 3.05) is 7.05 Å². The summed E-state index contributed by atoms with van der Waals surface area (Å²) in [7, 11) is 3.98. The van der Waals surface area contributed by atoms with Gasteiger partial charge in [-0.05, 0) is 43.8 Å². The monoisotopic (exact) mass is 372 g/mol. The smallest absolute Gasteiger partial charge is 0.276 e. The van der Waals surface area contributed by atoms with Crippen molar-refractivity contribution in [3.05, 3.63) is 94.0 Å². The van der Waals surface area contributed by atoms with Crippen molar-refractivity contribution in [3.63, 3.8) is 0 Å². The minimum atomic E-state index is 0.0395. The third-order valence-electron chi connectivity index (χ3n) is 5.28. The molecule has 0 N–H and O–H groups in total. The maximum Gasteiger partial charge on any atom is 0.276 e. The van der Waals surface area contributed by atoms with Crippen LogP contribution in [0.25, 0.3) is 16.6 Å². The van der Waals surface area contributed by atoms with Crippen LogP contribution >= 0.6 is 0 Å². The highest BCUT2D eigenvalue weighted by atomic mass is 16.1. The van der Waals surface area contributed by atoms with Gasteiger partial charge < -0.3 is 0 Å². The number of hydrogen-bond acceptors (Lipinski definition) is 3. The second kappa shape index (κ2) is 7.44. The maximum atomic E-state index is 13.1. The van der Waals surface area contributed by atoms with Gasteiger partial charge in [0.15, 0.2) is 0 Å². The van der Waals surface area contributed by atoms with Gasteiger partial charge in [0.05, 0.1) is 16.8 Å². The molecule has 0 saturated heterocycles. The van der Waals surface area contributed by atoms with E-state index in [1.54, 1.807) is 4.68 Å². The van der Waals surface area contributed by atoms with Gasteiger partial charge >= 0.3 is 0 Å². The Morgan fingerprint density at radius 3 is 2.54 bits per heavy atom. The van der Waals surface area contributed by atoms with Gasteiger partial charge in [-0.25, -0.2) is 4.68 Å². The lowest BCUT2D eigenvalue weighted by Gasteiger charge is -2.17. The Morgan fingerprint density at radius 1 is 0.964 bits per heavy atom. The van der Waals surface area contributed by atoms with E-state index in [2.05, 4.69) is 22.0 Å². The minimum absolute atomic E-state index is 0.0395. The molecule has 4 aromatic rings. The van der Waals surface area contributed by atoms with E-state index in [1.165, 1.54) is 5.56 Å². The highest BCUT2D eigenvalue weighted by Gasteiger charge is 2.17. The summed E-state index contributed by atoms with van der Waals surface area (Å²) in [6.45, 7) is 3.35. The number of rotatable bonds is 5. The minimum Gasteiger partial charge on any atom is -0.298 e. The fourth-order valence-electron chi connectivity index (χ4n) is 3.73. The Hall–Kier alpha value is -3.18. The molecule has 5 heteroatoms. The first-order valence-electron chi connectivity index (χ1n) is 9.40. The van der Waals surface area contributed by atoms with Crippen molar-refractivity contribution in [3.8, 4) is 5.69 Å². The molecule has 2 aromatic carbocycles. The van der Waals surface area contributed by atoms with Gasteiger partial charge in [-0.2, -0.15) is 0 Å². The standard InChI is InChI=1S/C23H24N4O/c1-17-21(23(28)27(26(17)3)19-10-5-4-6-11-19)16-25(2)15-18-9-7-13-22-20(18)12-8-14-24-22/h4-14H,15-16H2,1-3H3. The van der Waals surface area contributed by atoms with Gasteiger partial charge in [-0.1, -0.05) is 36.4 Å². The first-order chi connectivity index (χ1) is 13.6. The Kier molecular flexibility index (Phi) is 4.84. The zero-order valence-corrected chi connectivity index (χ0v) is 16.5. The van der Waals surface area contributed by atoms with Gasteiger partial charge in [0, 0.05) is 37.4 Å². The summed E-state index contributed by atoms with van der Waals surface area (Å²) in [6, 6.07) is 20.0. The van der Waals surface area contributed by atoms with Crippen LogP contribution in [0.2, 0.25) is 0 Å². The highest BCUT2D eigenvalue weighted by Crippen LogP contribution is 2.19. The SMILES string of the molecule is Cc1c(CN(C)Cc2cccc3ncccc23)c(=O)n(-c2ccccc2)n1C. The molecule has 0 bridgehead atoms. The van der Waals surface area contributed by atoms with E-state index < -0.39 is 0 Å². The molecule has 28 heavy (non-hydrogen) atoms. The molecular weight excluding hydrogens is 348 g/mol. The molecule has 0 atom stereocenters. The Labute approximate surface area is 164 Å². The van der Waals surface area contributed by atoms with E-state index in [-0.39, 0.29) is 5.56 Å². The highest BCUT2D eigenvalue weighted by molar-refractivity contribution is 5.81. The molecule has 2 heterocycles. The molecular formula is C23H24N4O. The van der Waals surface area contributed by atoms with Crippen molar-refractivity contribution in [2.24, 2.45) is 7.05 Å². The van der Waals surface area contributed by atoms with Crippen molar-refractivity contribution in [2.45, 2.75) is 20.0 Å². The number of fused-ring (bicyclic) bond motifs is 1. The number of nitrogens with zero attached hydrogens (tertiary/aromatic N) is 4. The summed E-state index contributed by atoms with van der Waals surface area (Å²) >= 11 is 0. The Morgan fingerprint density at radius 2 is 1.75 bits per heavy atom. The van der Waals surface area contributed by atoms with Crippen molar-refractivity contribution in [1.82, 2.24) is 19.2 Å². The molecule has 0 aliphatic carbocycles. The van der Waals surface area contributed by atoms with Crippen LogP contribution in [0.3, 0.4) is 0 Å². The summed E-state index contributed by atoms with van der Waals surface area (Å²) in [4.78, 5) is 19.7. The van der Waals surface area contributed by atoms with Gasteiger partial charge in [0.25, 0.3) is 5.56 Å². The van der Waals surface area contributed by atoms with Gasteiger partial charge in [0.1, 0.15) is 0 Å². The molecule has 4 rings (SSSR count). The molecule has 0 spiro atoms. The number of hydrogen-bond donors (Lipinski definition) is 0. The van der Waals surface area contributed by atoms with Gasteiger partial charge in [0.2, 0.25) is 0 Å². The zero-order chi connectivity index (χ0) is 19.7. The summed E-state index contributed by atoms with van der Waals surface area (Å²) in [5.74, 6) is 0. The lowest BCUT2D eigenvalue weighted by atomic mass is 10.1. The van der Waals surface area contributed by atoms with E-state index in [4.69, 9.17) is 0 Å². The van der Waals surface area contributed by atoms with Crippen LogP contribution in [0, 0.1) is 6.92 Å². The predicted octanol–water partition coefficient (Wildman–Crippen LogP) is 3.66. The molecule has 0 aliphatic heterocycles. The summed E-state index contributed by atoms with van der Waals surface area (Å²) in [6.07, 6.45) is 1.81.